The molecule has 0 aromatic heterocycles. The first-order valence-corrected chi connectivity index (χ1v) is 6.85. The van der Waals surface area contributed by atoms with Crippen molar-refractivity contribution in [2.24, 2.45) is 0 Å². The van der Waals surface area contributed by atoms with E-state index in [9.17, 15) is 8.42 Å². The smallest absolute Gasteiger partial charge is 0.212 e. The van der Waals surface area contributed by atoms with Crippen molar-refractivity contribution < 1.29 is 8.42 Å². The first kappa shape index (κ1) is 13.2. The van der Waals surface area contributed by atoms with E-state index in [0.29, 0.717) is 0 Å². The van der Waals surface area contributed by atoms with E-state index in [4.69, 9.17) is 0 Å². The zero-order chi connectivity index (χ0) is 12.4. The van der Waals surface area contributed by atoms with Crippen LogP contribution in [0.1, 0.15) is 38.5 Å². The number of sulfonamides is 1. The molecule has 1 N–H and O–H groups in total. The van der Waals surface area contributed by atoms with Crippen LogP contribution in [0, 0.1) is 0 Å². The van der Waals surface area contributed by atoms with Crippen LogP contribution in [0.15, 0.2) is 30.3 Å². The number of nitrogens with one attached hydrogen (secondary N) is 1. The van der Waals surface area contributed by atoms with Crippen LogP contribution in [0.4, 0.5) is 0 Å². The maximum Gasteiger partial charge on any atom is 0.218 e. The Labute approximate surface area is 97.9 Å². The topological polar surface area (TPSA) is 46.2 Å². The second-order valence-electron chi connectivity index (χ2n) is 4.95. The van der Waals surface area contributed by atoms with E-state index in [1.807, 2.05) is 51.1 Å². The highest BCUT2D eigenvalue weighted by Gasteiger charge is 2.26. The van der Waals surface area contributed by atoms with E-state index in [-0.39, 0.29) is 0 Å². The quantitative estimate of drug-likeness (QED) is 0.883. The molecule has 0 saturated heterocycles. The molecule has 1 atom stereocenters. The minimum Gasteiger partial charge on any atom is -0.212 e. The summed E-state index contributed by atoms with van der Waals surface area (Å²) in [6, 6.07) is 9.22. The van der Waals surface area contributed by atoms with Gasteiger partial charge in [-0.15, -0.1) is 0 Å². The van der Waals surface area contributed by atoms with Gasteiger partial charge in [0, 0.05) is 5.54 Å². The molecule has 0 radical (unpaired) electrons. The van der Waals surface area contributed by atoms with Crippen LogP contribution in [0.5, 0.6) is 0 Å². The Kier molecular flexibility index (Phi) is 3.76. The van der Waals surface area contributed by atoms with Crippen LogP contribution >= 0.6 is 0 Å². The summed E-state index contributed by atoms with van der Waals surface area (Å²) in [5.41, 5.74) is 0.362. The van der Waals surface area contributed by atoms with Crippen LogP contribution in [-0.2, 0) is 10.0 Å². The molecular formula is C12H19NO2S. The maximum absolute atomic E-state index is 12.0. The Balaban J connectivity index is 2.94. The number of hydrogen-bond acceptors (Lipinski definition) is 2. The summed E-state index contributed by atoms with van der Waals surface area (Å²) in [4.78, 5) is 0. The standard InChI is InChI=1S/C12H19NO2S/c1-10(11-8-6-5-7-9-11)16(14,15)13-12(2,3)4/h5-10,13H,1-4H3/t10-/m1/s1. The van der Waals surface area contributed by atoms with Gasteiger partial charge in [-0.05, 0) is 33.3 Å². The van der Waals surface area contributed by atoms with Crippen molar-refractivity contribution in [3.8, 4) is 0 Å². The average Bonchev–Trinajstić information content (AvgIpc) is 2.14. The van der Waals surface area contributed by atoms with Gasteiger partial charge in [-0.3, -0.25) is 0 Å². The molecule has 0 fully saturated rings. The van der Waals surface area contributed by atoms with E-state index in [1.54, 1.807) is 6.92 Å². The molecule has 0 aliphatic rings. The van der Waals surface area contributed by atoms with Gasteiger partial charge in [-0.25, -0.2) is 13.1 Å². The van der Waals surface area contributed by atoms with Crippen LogP contribution < -0.4 is 4.72 Å². The third-order valence-electron chi connectivity index (χ3n) is 2.18. The lowest BCUT2D eigenvalue weighted by Crippen LogP contribution is -2.42. The third-order valence-corrected chi connectivity index (χ3v) is 4.28. The summed E-state index contributed by atoms with van der Waals surface area (Å²) in [6.07, 6.45) is 0. The average molecular weight is 241 g/mol. The summed E-state index contributed by atoms with van der Waals surface area (Å²) >= 11 is 0. The van der Waals surface area contributed by atoms with Crippen molar-refractivity contribution in [2.45, 2.75) is 38.5 Å². The molecule has 0 heterocycles. The van der Waals surface area contributed by atoms with Crippen LogP contribution in [-0.4, -0.2) is 14.0 Å². The Morgan fingerprint density at radius 2 is 1.62 bits per heavy atom. The van der Waals surface area contributed by atoms with E-state index >= 15 is 0 Å². The molecule has 90 valence electrons. The summed E-state index contributed by atoms with van der Waals surface area (Å²) in [7, 11) is -3.32. The highest BCUT2D eigenvalue weighted by Crippen LogP contribution is 2.21. The normalized spacial score (nSPS) is 14.8. The van der Waals surface area contributed by atoms with Gasteiger partial charge < -0.3 is 0 Å². The van der Waals surface area contributed by atoms with Crippen molar-refractivity contribution >= 4 is 10.0 Å². The number of hydrogen-bond donors (Lipinski definition) is 1. The molecule has 0 unspecified atom stereocenters. The summed E-state index contributed by atoms with van der Waals surface area (Å²) in [5.74, 6) is 0. The first-order chi connectivity index (χ1) is 7.22. The van der Waals surface area contributed by atoms with Gasteiger partial charge in [0.1, 0.15) is 0 Å². The van der Waals surface area contributed by atoms with Crippen LogP contribution in [0.2, 0.25) is 0 Å². The van der Waals surface area contributed by atoms with Gasteiger partial charge >= 0.3 is 0 Å². The number of rotatable bonds is 3. The van der Waals surface area contributed by atoms with Crippen molar-refractivity contribution in [2.75, 3.05) is 0 Å². The Bertz CT molecular complexity index is 432. The molecular weight excluding hydrogens is 222 g/mol. The molecule has 0 spiro atoms. The van der Waals surface area contributed by atoms with Gasteiger partial charge in [0.2, 0.25) is 10.0 Å². The predicted molar refractivity (Wildman–Crippen MR) is 66.7 cm³/mol. The van der Waals surface area contributed by atoms with Gasteiger partial charge in [0.15, 0.2) is 0 Å². The molecule has 0 amide bonds. The molecule has 0 aliphatic heterocycles. The number of benzene rings is 1. The van der Waals surface area contributed by atoms with Gasteiger partial charge in [0.25, 0.3) is 0 Å². The molecule has 0 aliphatic carbocycles. The second kappa shape index (κ2) is 4.55. The molecule has 16 heavy (non-hydrogen) atoms. The fraction of sp³-hybridized carbons (Fsp3) is 0.500. The Morgan fingerprint density at radius 3 is 2.06 bits per heavy atom. The fourth-order valence-electron chi connectivity index (χ4n) is 1.42. The van der Waals surface area contributed by atoms with Crippen molar-refractivity contribution in [1.82, 2.24) is 4.72 Å². The van der Waals surface area contributed by atoms with E-state index in [2.05, 4.69) is 4.72 Å². The van der Waals surface area contributed by atoms with Crippen LogP contribution in [0.3, 0.4) is 0 Å². The third kappa shape index (κ3) is 3.61. The van der Waals surface area contributed by atoms with Gasteiger partial charge in [0.05, 0.1) is 5.25 Å². The summed E-state index contributed by atoms with van der Waals surface area (Å²) < 4.78 is 26.7. The van der Waals surface area contributed by atoms with Gasteiger partial charge in [-0.2, -0.15) is 0 Å². The van der Waals surface area contributed by atoms with Crippen molar-refractivity contribution in [1.29, 1.82) is 0 Å². The van der Waals surface area contributed by atoms with E-state index < -0.39 is 20.8 Å². The SMILES string of the molecule is C[C@H](c1ccccc1)S(=O)(=O)NC(C)(C)C. The fourth-order valence-corrected chi connectivity index (χ4v) is 2.96. The molecule has 0 saturated carbocycles. The largest absolute Gasteiger partial charge is 0.218 e. The highest BCUT2D eigenvalue weighted by atomic mass is 32.2. The molecule has 1 aromatic rings. The predicted octanol–water partition coefficient (Wildman–Crippen LogP) is 2.47. The minimum absolute atomic E-state index is 0.443. The molecule has 3 nitrogen and oxygen atoms in total. The second-order valence-corrected chi connectivity index (χ2v) is 6.95. The molecule has 1 aromatic carbocycles. The minimum atomic E-state index is -3.32. The van der Waals surface area contributed by atoms with Crippen molar-refractivity contribution in [3.05, 3.63) is 35.9 Å². The Hall–Kier alpha value is -0.870. The first-order valence-electron chi connectivity index (χ1n) is 5.30. The summed E-state index contributed by atoms with van der Waals surface area (Å²) in [5, 5.41) is -0.534. The van der Waals surface area contributed by atoms with Gasteiger partial charge in [-0.1, -0.05) is 30.3 Å². The molecule has 1 rings (SSSR count). The van der Waals surface area contributed by atoms with Crippen molar-refractivity contribution in [3.63, 3.8) is 0 Å². The Morgan fingerprint density at radius 1 is 1.12 bits per heavy atom. The van der Waals surface area contributed by atoms with E-state index in [1.165, 1.54) is 0 Å². The summed E-state index contributed by atoms with van der Waals surface area (Å²) in [6.45, 7) is 7.20. The zero-order valence-corrected chi connectivity index (χ0v) is 11.0. The zero-order valence-electron chi connectivity index (χ0n) is 10.2. The monoisotopic (exact) mass is 241 g/mol. The molecule has 0 bridgehead atoms. The van der Waals surface area contributed by atoms with Crippen LogP contribution in [0.25, 0.3) is 0 Å². The van der Waals surface area contributed by atoms with E-state index in [0.717, 1.165) is 5.56 Å². The maximum atomic E-state index is 12.0. The lowest BCUT2D eigenvalue weighted by Gasteiger charge is -2.23. The molecule has 4 heteroatoms. The lowest BCUT2D eigenvalue weighted by atomic mass is 10.1. The lowest BCUT2D eigenvalue weighted by molar-refractivity contribution is 0.486. The highest BCUT2D eigenvalue weighted by molar-refractivity contribution is 7.89.